The first-order valence-corrected chi connectivity index (χ1v) is 10.1. The molecule has 0 aliphatic carbocycles. The predicted molar refractivity (Wildman–Crippen MR) is 118 cm³/mol. The first-order chi connectivity index (χ1) is 14.5. The van der Waals surface area contributed by atoms with E-state index < -0.39 is 11.9 Å². The molecule has 0 saturated heterocycles. The average molecular weight is 472 g/mol. The van der Waals surface area contributed by atoms with Crippen molar-refractivity contribution in [3.63, 3.8) is 0 Å². The van der Waals surface area contributed by atoms with Gasteiger partial charge in [-0.25, -0.2) is 0 Å². The number of fused-ring (bicyclic) bond motifs is 2. The Labute approximate surface area is 193 Å². The maximum atomic E-state index is 10.4. The molecule has 2 heterocycles. The van der Waals surface area contributed by atoms with Crippen molar-refractivity contribution in [1.29, 1.82) is 0 Å². The van der Waals surface area contributed by atoms with Gasteiger partial charge in [0.15, 0.2) is 0 Å². The fourth-order valence-corrected chi connectivity index (χ4v) is 3.54. The molecule has 31 heavy (non-hydrogen) atoms. The van der Waals surface area contributed by atoms with Gasteiger partial charge in [0.1, 0.15) is 0 Å². The summed E-state index contributed by atoms with van der Waals surface area (Å²) in [4.78, 5) is 27.1. The topological polar surface area (TPSA) is 106 Å². The minimum absolute atomic E-state index is 0. The number of hydrogen-bond donors (Lipinski definition) is 4. The molecule has 0 spiro atoms. The summed E-state index contributed by atoms with van der Waals surface area (Å²) < 4.78 is 0. The van der Waals surface area contributed by atoms with Crippen molar-refractivity contribution in [3.8, 4) is 0 Å². The van der Waals surface area contributed by atoms with Crippen molar-refractivity contribution < 1.29 is 39.3 Å². The van der Waals surface area contributed by atoms with Gasteiger partial charge in [0, 0.05) is 66.5 Å². The number of para-hydroxylation sites is 2. The molecular formula is C24H26N2O4Zn. The fraction of sp³-hybridized carbons (Fsp3) is 0.250. The van der Waals surface area contributed by atoms with Crippen LogP contribution in [0, 0.1) is 0 Å². The van der Waals surface area contributed by atoms with E-state index in [0.717, 1.165) is 23.9 Å². The summed E-state index contributed by atoms with van der Waals surface area (Å²) in [7, 11) is 0. The van der Waals surface area contributed by atoms with Crippen LogP contribution < -0.4 is 0 Å². The molecule has 0 fully saturated rings. The first-order valence-electron chi connectivity index (χ1n) is 10.1. The third-order valence-electron chi connectivity index (χ3n) is 5.02. The maximum Gasteiger partial charge on any atom is 0.303 e. The predicted octanol–water partition coefficient (Wildman–Crippen LogP) is 5.15. The van der Waals surface area contributed by atoms with Crippen LogP contribution in [0.2, 0.25) is 0 Å². The maximum absolute atomic E-state index is 10.4. The Morgan fingerprint density at radius 2 is 1.06 bits per heavy atom. The number of nitrogens with one attached hydrogen (secondary N) is 2. The van der Waals surface area contributed by atoms with Gasteiger partial charge in [-0.3, -0.25) is 9.59 Å². The van der Waals surface area contributed by atoms with Gasteiger partial charge < -0.3 is 20.2 Å². The smallest absolute Gasteiger partial charge is 0.303 e. The molecule has 0 aliphatic rings. The quantitative estimate of drug-likeness (QED) is 0.267. The van der Waals surface area contributed by atoms with Gasteiger partial charge in [-0.15, -0.1) is 0 Å². The molecule has 0 radical (unpaired) electrons. The SMILES string of the molecule is O=C(O)CCCc1c[nH]c2ccccc12.O=C(O)CCCc1c[nH]c2ccccc12.[Zn]. The number of aryl methyl sites for hydroxylation is 2. The minimum Gasteiger partial charge on any atom is -0.481 e. The molecule has 2 aromatic heterocycles. The van der Waals surface area contributed by atoms with Crippen molar-refractivity contribution in [2.24, 2.45) is 0 Å². The minimum atomic E-state index is -0.727. The van der Waals surface area contributed by atoms with Crippen molar-refractivity contribution in [2.45, 2.75) is 38.5 Å². The van der Waals surface area contributed by atoms with Gasteiger partial charge in [-0.1, -0.05) is 36.4 Å². The van der Waals surface area contributed by atoms with Crippen molar-refractivity contribution in [3.05, 3.63) is 72.1 Å². The second kappa shape index (κ2) is 12.1. The van der Waals surface area contributed by atoms with E-state index in [4.69, 9.17) is 10.2 Å². The third kappa shape index (κ3) is 7.07. The summed E-state index contributed by atoms with van der Waals surface area (Å²) in [5.41, 5.74) is 4.63. The summed E-state index contributed by atoms with van der Waals surface area (Å²) in [6, 6.07) is 16.1. The molecular weight excluding hydrogens is 446 g/mol. The molecule has 158 valence electrons. The number of H-pyrrole nitrogens is 2. The zero-order valence-electron chi connectivity index (χ0n) is 17.4. The zero-order valence-corrected chi connectivity index (χ0v) is 20.4. The molecule has 0 bridgehead atoms. The Bertz CT molecular complexity index is 1040. The monoisotopic (exact) mass is 470 g/mol. The molecule has 4 rings (SSSR count). The van der Waals surface area contributed by atoms with Gasteiger partial charge >= 0.3 is 11.9 Å². The third-order valence-corrected chi connectivity index (χ3v) is 5.02. The molecule has 2 aromatic carbocycles. The standard InChI is InChI=1S/2C12H13NO2.Zn/c2*14-12(15)7-3-4-9-8-13-11-6-2-1-5-10(9)11;/h2*1-2,5-6,8,13H,3-4,7H2,(H,14,15);. The number of aromatic nitrogens is 2. The van der Waals surface area contributed by atoms with Gasteiger partial charge in [-0.05, 0) is 48.9 Å². The van der Waals surface area contributed by atoms with Crippen LogP contribution in [0.1, 0.15) is 36.8 Å². The number of aromatic amines is 2. The van der Waals surface area contributed by atoms with Crippen LogP contribution in [0.25, 0.3) is 21.8 Å². The van der Waals surface area contributed by atoms with Crippen molar-refractivity contribution >= 4 is 33.7 Å². The Balaban J connectivity index is 0.000000213. The number of carboxylic acid groups (broad SMARTS) is 2. The molecule has 0 saturated carbocycles. The van der Waals surface area contributed by atoms with Crippen LogP contribution in [0.5, 0.6) is 0 Å². The Kier molecular flexibility index (Phi) is 9.48. The van der Waals surface area contributed by atoms with E-state index in [-0.39, 0.29) is 32.3 Å². The van der Waals surface area contributed by atoms with E-state index in [2.05, 4.69) is 22.1 Å². The molecule has 0 aliphatic heterocycles. The molecule has 0 amide bonds. The van der Waals surface area contributed by atoms with Gasteiger partial charge in [0.25, 0.3) is 0 Å². The van der Waals surface area contributed by atoms with Crippen LogP contribution in [-0.2, 0) is 41.9 Å². The molecule has 0 atom stereocenters. The van der Waals surface area contributed by atoms with Crippen molar-refractivity contribution in [1.82, 2.24) is 9.97 Å². The van der Waals surface area contributed by atoms with E-state index in [1.807, 2.05) is 48.8 Å². The number of carbonyl (C=O) groups is 2. The number of aliphatic carboxylic acids is 2. The Morgan fingerprint density at radius 1 is 0.677 bits per heavy atom. The Hall–Kier alpha value is -2.92. The molecule has 6 nitrogen and oxygen atoms in total. The van der Waals surface area contributed by atoms with Crippen LogP contribution in [0.15, 0.2) is 60.9 Å². The summed E-state index contributed by atoms with van der Waals surface area (Å²) >= 11 is 0. The summed E-state index contributed by atoms with van der Waals surface area (Å²) in [6.45, 7) is 0. The average Bonchev–Trinajstić information content (AvgIpc) is 3.33. The number of hydrogen-bond acceptors (Lipinski definition) is 2. The van der Waals surface area contributed by atoms with Crippen LogP contribution in [-0.4, -0.2) is 32.1 Å². The van der Waals surface area contributed by atoms with E-state index >= 15 is 0 Å². The van der Waals surface area contributed by atoms with Crippen LogP contribution in [0.3, 0.4) is 0 Å². The second-order valence-corrected chi connectivity index (χ2v) is 7.21. The fourth-order valence-electron chi connectivity index (χ4n) is 3.54. The van der Waals surface area contributed by atoms with Crippen LogP contribution >= 0.6 is 0 Å². The van der Waals surface area contributed by atoms with E-state index in [9.17, 15) is 9.59 Å². The number of rotatable bonds is 8. The normalized spacial score (nSPS) is 10.3. The van der Waals surface area contributed by atoms with E-state index in [1.165, 1.54) is 21.9 Å². The first kappa shape index (κ1) is 24.4. The van der Waals surface area contributed by atoms with E-state index in [0.29, 0.717) is 12.8 Å². The zero-order chi connectivity index (χ0) is 21.3. The molecule has 7 heteroatoms. The second-order valence-electron chi connectivity index (χ2n) is 7.21. The van der Waals surface area contributed by atoms with E-state index in [1.54, 1.807) is 0 Å². The Morgan fingerprint density at radius 3 is 1.45 bits per heavy atom. The van der Waals surface area contributed by atoms with Crippen LogP contribution in [0.4, 0.5) is 0 Å². The summed E-state index contributed by atoms with van der Waals surface area (Å²) in [5, 5.41) is 19.5. The van der Waals surface area contributed by atoms with Gasteiger partial charge in [0.05, 0.1) is 0 Å². The summed E-state index contributed by atoms with van der Waals surface area (Å²) in [5.74, 6) is -1.45. The number of benzene rings is 2. The molecule has 4 N–H and O–H groups in total. The number of carboxylic acids is 2. The van der Waals surface area contributed by atoms with Gasteiger partial charge in [-0.2, -0.15) is 0 Å². The van der Waals surface area contributed by atoms with Crippen molar-refractivity contribution in [2.75, 3.05) is 0 Å². The summed E-state index contributed by atoms with van der Waals surface area (Å²) in [6.07, 6.45) is 7.42. The molecule has 0 unspecified atom stereocenters. The molecule has 4 aromatic rings. The largest absolute Gasteiger partial charge is 0.481 e. The van der Waals surface area contributed by atoms with Gasteiger partial charge in [0.2, 0.25) is 0 Å².